The third-order valence-electron chi connectivity index (χ3n) is 16.3. The van der Waals surface area contributed by atoms with Gasteiger partial charge in [-0.25, -0.2) is 9.97 Å². The number of carbonyl (C=O) groups is 4. The van der Waals surface area contributed by atoms with E-state index in [2.05, 4.69) is 45.5 Å². The Morgan fingerprint density at radius 2 is 1.51 bits per heavy atom. The topological polar surface area (TPSA) is 200 Å². The van der Waals surface area contributed by atoms with Crippen molar-refractivity contribution in [2.45, 2.75) is 118 Å². The van der Waals surface area contributed by atoms with Crippen molar-refractivity contribution in [3.8, 4) is 22.3 Å². The molecule has 8 rings (SSSR count). The third-order valence-corrected chi connectivity index (χ3v) is 17.3. The van der Waals surface area contributed by atoms with Gasteiger partial charge in [-0.15, -0.1) is 11.3 Å². The Labute approximate surface area is 465 Å². The van der Waals surface area contributed by atoms with Gasteiger partial charge in [0, 0.05) is 88.4 Å². The van der Waals surface area contributed by atoms with Crippen LogP contribution in [0.15, 0.2) is 66.3 Å². The molecule has 17 nitrogen and oxygen atoms in total. The molecular weight excluding hydrogens is 1040 g/mol. The first-order valence-corrected chi connectivity index (χ1v) is 28.2. The third kappa shape index (κ3) is 13.5. The van der Waals surface area contributed by atoms with E-state index >= 15 is 0 Å². The molecule has 21 heteroatoms. The number of carbonyl (C=O) groups excluding carboxylic acids is 4. The molecule has 4 amide bonds. The monoisotopic (exact) mass is 1110 g/mol. The summed E-state index contributed by atoms with van der Waals surface area (Å²) in [5.41, 5.74) is 1.67. The van der Waals surface area contributed by atoms with E-state index < -0.39 is 57.8 Å². The minimum absolute atomic E-state index is 0.00204. The Morgan fingerprint density at radius 1 is 0.873 bits per heavy atom. The van der Waals surface area contributed by atoms with Crippen molar-refractivity contribution < 1.29 is 42.2 Å². The number of benzene rings is 2. The number of nitrogens with one attached hydrogen (secondary N) is 3. The van der Waals surface area contributed by atoms with Crippen molar-refractivity contribution in [1.29, 1.82) is 5.26 Å². The molecule has 4 fully saturated rings. The summed E-state index contributed by atoms with van der Waals surface area (Å²) in [7, 11) is 0. The predicted octanol–water partition coefficient (Wildman–Crippen LogP) is 6.52. The van der Waals surface area contributed by atoms with Crippen molar-refractivity contribution in [3.05, 3.63) is 94.3 Å². The van der Waals surface area contributed by atoms with Crippen LogP contribution in [0.2, 0.25) is 0 Å². The summed E-state index contributed by atoms with van der Waals surface area (Å²) in [6.07, 6.45) is -3.43. The van der Waals surface area contributed by atoms with Gasteiger partial charge in [0.2, 0.25) is 17.7 Å². The minimum atomic E-state index is -4.71. The quantitative estimate of drug-likeness (QED) is 0.0893. The van der Waals surface area contributed by atoms with Crippen LogP contribution in [-0.2, 0) is 20.6 Å². The van der Waals surface area contributed by atoms with Crippen LogP contribution in [0.1, 0.15) is 107 Å². The Balaban J connectivity index is 0.731. The van der Waals surface area contributed by atoms with Gasteiger partial charge in [0.1, 0.15) is 29.8 Å². The number of thiazole rings is 1. The van der Waals surface area contributed by atoms with Crippen molar-refractivity contribution in [3.63, 3.8) is 0 Å². The maximum atomic E-state index is 14.3. The van der Waals surface area contributed by atoms with Crippen LogP contribution in [0, 0.1) is 34.5 Å². The maximum Gasteiger partial charge on any atom is 0.417 e. The van der Waals surface area contributed by atoms with Gasteiger partial charge >= 0.3 is 6.18 Å². The maximum absolute atomic E-state index is 14.3. The number of halogens is 3. The Morgan fingerprint density at radius 3 is 2.08 bits per heavy atom. The minimum Gasteiger partial charge on any atom is -0.489 e. The molecule has 426 valence electrons. The molecule has 4 N–H and O–H groups in total. The fourth-order valence-corrected chi connectivity index (χ4v) is 12.9. The Kier molecular flexibility index (Phi) is 17.8. The number of aliphatic hydroxyl groups excluding tert-OH is 1. The fraction of sp³-hybridized carbons (Fsp3) is 0.569. The molecule has 3 aliphatic heterocycles. The molecule has 4 aromatic rings. The number of hydrogen-bond acceptors (Lipinski definition) is 14. The van der Waals surface area contributed by atoms with E-state index in [9.17, 15) is 42.7 Å². The lowest BCUT2D eigenvalue weighted by Gasteiger charge is -2.63. The molecular formula is C58H76F3N11O6S. The summed E-state index contributed by atoms with van der Waals surface area (Å²) >= 11 is 1.58. The Bertz CT molecular complexity index is 2840. The van der Waals surface area contributed by atoms with Gasteiger partial charge in [-0.05, 0) is 80.2 Å². The zero-order chi connectivity index (χ0) is 57.2. The van der Waals surface area contributed by atoms with Crippen LogP contribution in [0.3, 0.4) is 0 Å². The number of likely N-dealkylation sites (tertiary alicyclic amines) is 1. The first kappa shape index (κ1) is 59.0. The van der Waals surface area contributed by atoms with Gasteiger partial charge < -0.3 is 40.5 Å². The lowest BCUT2D eigenvalue weighted by molar-refractivity contribution is -0.164. The lowest BCUT2D eigenvalue weighted by Crippen LogP contribution is -2.74. The van der Waals surface area contributed by atoms with Crippen molar-refractivity contribution in [1.82, 2.24) is 45.5 Å². The number of rotatable bonds is 17. The van der Waals surface area contributed by atoms with Gasteiger partial charge in [0.25, 0.3) is 5.91 Å². The van der Waals surface area contributed by atoms with Gasteiger partial charge in [-0.1, -0.05) is 72.7 Å². The van der Waals surface area contributed by atoms with Crippen LogP contribution >= 0.6 is 11.3 Å². The normalized spacial score (nSPS) is 22.5. The number of hydrogen-bond donors (Lipinski definition) is 4. The van der Waals surface area contributed by atoms with E-state index in [1.807, 2.05) is 98.2 Å². The average molecular weight is 1110 g/mol. The van der Waals surface area contributed by atoms with Crippen molar-refractivity contribution in [2.24, 2.45) is 16.2 Å². The highest BCUT2D eigenvalue weighted by molar-refractivity contribution is 7.13. The van der Waals surface area contributed by atoms with E-state index in [0.29, 0.717) is 18.7 Å². The van der Waals surface area contributed by atoms with Gasteiger partial charge in [0.05, 0.1) is 57.5 Å². The summed E-state index contributed by atoms with van der Waals surface area (Å²) in [6, 6.07) is 14.0. The summed E-state index contributed by atoms with van der Waals surface area (Å²) in [6.45, 7) is 25.6. The van der Waals surface area contributed by atoms with Crippen LogP contribution in [-0.4, -0.2) is 167 Å². The second-order valence-corrected chi connectivity index (χ2v) is 24.8. The highest BCUT2D eigenvalue weighted by Gasteiger charge is 2.64. The lowest BCUT2D eigenvalue weighted by atomic mass is 9.49. The smallest absolute Gasteiger partial charge is 0.417 e. The number of aliphatic hydroxyl groups is 1. The van der Waals surface area contributed by atoms with E-state index in [-0.39, 0.29) is 61.0 Å². The number of β-amino-alcohol motifs (C(OH)–C–C–N with tert-alkyl or cyclic N) is 1. The highest BCUT2D eigenvalue weighted by Crippen LogP contribution is 2.56. The summed E-state index contributed by atoms with van der Waals surface area (Å²) in [4.78, 5) is 75.9. The Hall–Kier alpha value is -6.18. The predicted molar refractivity (Wildman–Crippen MR) is 296 cm³/mol. The summed E-state index contributed by atoms with van der Waals surface area (Å²) < 4.78 is 47.1. The van der Waals surface area contributed by atoms with Gasteiger partial charge in [0.15, 0.2) is 0 Å². The van der Waals surface area contributed by atoms with Crippen LogP contribution in [0.25, 0.3) is 10.4 Å². The molecule has 0 bridgehead atoms. The molecule has 4 atom stereocenters. The molecule has 2 aromatic heterocycles. The summed E-state index contributed by atoms with van der Waals surface area (Å²) in [5, 5.41) is 29.1. The number of anilines is 1. The fourth-order valence-electron chi connectivity index (χ4n) is 12.1. The van der Waals surface area contributed by atoms with E-state index in [1.165, 1.54) is 11.0 Å². The van der Waals surface area contributed by atoms with Crippen LogP contribution < -0.4 is 25.6 Å². The molecule has 1 unspecified atom stereocenters. The number of piperazine rings is 2. The highest BCUT2D eigenvalue weighted by atomic mass is 32.1. The van der Waals surface area contributed by atoms with Crippen molar-refractivity contribution >= 4 is 40.8 Å². The van der Waals surface area contributed by atoms with Crippen molar-refractivity contribution in [2.75, 3.05) is 83.4 Å². The molecule has 0 radical (unpaired) electrons. The number of amides is 4. The number of aromatic nitrogens is 2. The first-order valence-electron chi connectivity index (χ1n) is 27.3. The second-order valence-electron chi connectivity index (χ2n) is 24.0. The molecule has 79 heavy (non-hydrogen) atoms. The molecule has 3 saturated heterocycles. The zero-order valence-electron chi connectivity index (χ0n) is 46.8. The number of ether oxygens (including phenoxy) is 1. The van der Waals surface area contributed by atoms with Crippen LogP contribution in [0.4, 0.5) is 19.0 Å². The van der Waals surface area contributed by atoms with E-state index in [0.717, 1.165) is 98.4 Å². The molecule has 1 aliphatic carbocycles. The van der Waals surface area contributed by atoms with Crippen LogP contribution in [0.5, 0.6) is 5.75 Å². The summed E-state index contributed by atoms with van der Waals surface area (Å²) in [5.74, 6) is -0.513. The van der Waals surface area contributed by atoms with E-state index in [4.69, 9.17) is 4.74 Å². The largest absolute Gasteiger partial charge is 0.489 e. The first-order chi connectivity index (χ1) is 37.2. The van der Waals surface area contributed by atoms with E-state index in [1.54, 1.807) is 29.7 Å². The molecule has 2 aromatic carbocycles. The average Bonchev–Trinajstić information content (AvgIpc) is 3.90. The standard InChI is InChI=1S/C58H76F3N11O6S/c1-36(38-11-13-39(14-12-38)48-37(2)64-35-79-48)65-51(76)45-29-42(73)33-72(45)52(77)49(55(3,4)5)66-47(74)34-70-23-21-68(22-24-70)19-10-20-69-25-27-71(28-26-69)46-18-16-41(32-63-46)50(75)67-53-56(6,7)54(57(53,8)9)78-43-17-15-40(31-62)44(30-43)58(59,60)61/h11-18,30,32,35-36,42,45,49,53-54,73H,10,19-29,33-34H2,1-9H3,(H,65,76)(H,66,74)(H,67,75)/t36-,42+,45-,49?,53?,54?/m0/s1. The molecule has 1 saturated carbocycles. The number of alkyl halides is 3. The number of nitrogens with zero attached hydrogens (tertiary/aromatic N) is 8. The number of nitriles is 1. The van der Waals surface area contributed by atoms with Gasteiger partial charge in [-0.2, -0.15) is 18.4 Å². The molecule has 4 aliphatic rings. The molecule has 5 heterocycles. The number of aryl methyl sites for hydroxylation is 1. The number of pyridine rings is 1. The zero-order valence-corrected chi connectivity index (χ0v) is 47.6. The second kappa shape index (κ2) is 23.9. The van der Waals surface area contributed by atoms with Gasteiger partial charge in [-0.3, -0.25) is 29.0 Å². The SMILES string of the molecule is Cc1ncsc1-c1ccc([C@H](C)NC(=O)[C@@H]2C[C@@H](O)CN2C(=O)C(NC(=O)CN2CCN(CCCN3CCN(c4ccc(C(=O)NC5C(C)(C)C(Oc6ccc(C#N)c(C(F)(F)F)c6)C5(C)C)cn4)CC3)CC2)C(C)(C)C)cc1. The molecule has 0 spiro atoms.